The van der Waals surface area contributed by atoms with Gasteiger partial charge in [-0.1, -0.05) is 6.92 Å². The molecule has 2 aliphatic rings. The molecule has 0 spiro atoms. The zero-order valence-electron chi connectivity index (χ0n) is 8.92. The monoisotopic (exact) mass is 217 g/mol. The number of alkyl halides is 1. The molecule has 3 unspecified atom stereocenters. The van der Waals surface area contributed by atoms with Crippen LogP contribution in [-0.4, -0.2) is 42.6 Å². The smallest absolute Gasteiger partial charge is 0.0702 e. The molecule has 2 aliphatic heterocycles. The van der Waals surface area contributed by atoms with Crippen LogP contribution < -0.4 is 0 Å². The fraction of sp³-hybridized carbons (Fsp3) is 1.00. The summed E-state index contributed by atoms with van der Waals surface area (Å²) >= 11 is 6.21. The number of rotatable bonds is 2. The van der Waals surface area contributed by atoms with Crippen molar-refractivity contribution in [1.82, 2.24) is 4.90 Å². The van der Waals surface area contributed by atoms with Crippen LogP contribution in [0, 0.1) is 5.92 Å². The lowest BCUT2D eigenvalue weighted by Crippen LogP contribution is -2.43. The molecule has 3 heteroatoms. The van der Waals surface area contributed by atoms with Gasteiger partial charge in [0, 0.05) is 31.6 Å². The molecule has 0 aliphatic carbocycles. The van der Waals surface area contributed by atoms with E-state index in [-0.39, 0.29) is 0 Å². The van der Waals surface area contributed by atoms with E-state index in [0.717, 1.165) is 25.6 Å². The lowest BCUT2D eigenvalue weighted by atomic mass is 9.99. The fourth-order valence-corrected chi connectivity index (χ4v) is 3.11. The second-order valence-electron chi connectivity index (χ2n) is 4.79. The number of likely N-dealkylation sites (tertiary alicyclic amines) is 1. The minimum Gasteiger partial charge on any atom is -0.377 e. The van der Waals surface area contributed by atoms with Crippen LogP contribution in [0.2, 0.25) is 0 Å². The maximum atomic E-state index is 6.21. The first-order valence-electron chi connectivity index (χ1n) is 5.72. The molecule has 2 heterocycles. The summed E-state index contributed by atoms with van der Waals surface area (Å²) in [6.07, 6.45) is 4.11. The van der Waals surface area contributed by atoms with Gasteiger partial charge in [-0.25, -0.2) is 0 Å². The van der Waals surface area contributed by atoms with Crippen molar-refractivity contribution in [3.05, 3.63) is 0 Å². The molecule has 0 aromatic rings. The molecular weight excluding hydrogens is 198 g/mol. The Balaban J connectivity index is 1.78. The van der Waals surface area contributed by atoms with Crippen molar-refractivity contribution >= 4 is 11.6 Å². The molecule has 0 aromatic heterocycles. The number of nitrogens with zero attached hydrogens (tertiary/aromatic N) is 1. The van der Waals surface area contributed by atoms with Gasteiger partial charge in [0.1, 0.15) is 0 Å². The summed E-state index contributed by atoms with van der Waals surface area (Å²) < 4.78 is 5.64. The van der Waals surface area contributed by atoms with Gasteiger partial charge in [-0.05, 0) is 25.2 Å². The second-order valence-corrected chi connectivity index (χ2v) is 5.41. The molecule has 0 radical (unpaired) electrons. The quantitative estimate of drug-likeness (QED) is 0.657. The van der Waals surface area contributed by atoms with Gasteiger partial charge in [0.15, 0.2) is 0 Å². The van der Waals surface area contributed by atoms with Crippen LogP contribution in [0.3, 0.4) is 0 Å². The van der Waals surface area contributed by atoms with Crippen molar-refractivity contribution in [2.45, 2.75) is 37.7 Å². The van der Waals surface area contributed by atoms with Crippen molar-refractivity contribution in [2.75, 3.05) is 26.2 Å². The lowest BCUT2D eigenvalue weighted by Gasteiger charge is -2.35. The Labute approximate surface area is 91.6 Å². The average molecular weight is 218 g/mol. The summed E-state index contributed by atoms with van der Waals surface area (Å²) in [6.45, 7) is 6.58. The minimum atomic E-state index is 0.347. The Kier molecular flexibility index (Phi) is 3.69. The van der Waals surface area contributed by atoms with E-state index in [2.05, 4.69) is 11.8 Å². The maximum Gasteiger partial charge on any atom is 0.0702 e. The highest BCUT2D eigenvalue weighted by Crippen LogP contribution is 2.22. The van der Waals surface area contributed by atoms with E-state index >= 15 is 0 Å². The number of hydrogen-bond donors (Lipinski definition) is 0. The summed E-state index contributed by atoms with van der Waals surface area (Å²) in [5.41, 5.74) is 0. The third-order valence-electron chi connectivity index (χ3n) is 3.17. The lowest BCUT2D eigenvalue weighted by molar-refractivity contribution is 0.0594. The SMILES string of the molecule is CC1CC(Cl)CN(CC2CCCO2)C1. The molecule has 14 heavy (non-hydrogen) atoms. The van der Waals surface area contributed by atoms with Crippen molar-refractivity contribution in [3.8, 4) is 0 Å². The molecule has 2 fully saturated rings. The van der Waals surface area contributed by atoms with Gasteiger partial charge in [-0.15, -0.1) is 11.6 Å². The second kappa shape index (κ2) is 4.82. The molecule has 0 aromatic carbocycles. The van der Waals surface area contributed by atoms with Crippen molar-refractivity contribution in [1.29, 1.82) is 0 Å². The first-order chi connectivity index (χ1) is 6.74. The predicted molar refractivity (Wildman–Crippen MR) is 58.8 cm³/mol. The number of piperidine rings is 1. The van der Waals surface area contributed by atoms with E-state index in [0.29, 0.717) is 11.5 Å². The van der Waals surface area contributed by atoms with E-state index in [4.69, 9.17) is 16.3 Å². The Morgan fingerprint density at radius 3 is 2.93 bits per heavy atom. The molecule has 3 atom stereocenters. The van der Waals surface area contributed by atoms with E-state index in [1.54, 1.807) is 0 Å². The van der Waals surface area contributed by atoms with Crippen LogP contribution in [0.15, 0.2) is 0 Å². The first kappa shape index (κ1) is 10.7. The summed E-state index contributed by atoms with van der Waals surface area (Å²) in [4.78, 5) is 2.47. The Hall–Kier alpha value is 0.210. The molecule has 0 saturated carbocycles. The summed E-state index contributed by atoms with van der Waals surface area (Å²) in [6, 6.07) is 0. The van der Waals surface area contributed by atoms with Crippen LogP contribution in [0.5, 0.6) is 0 Å². The molecule has 82 valence electrons. The van der Waals surface area contributed by atoms with Crippen LogP contribution in [0.25, 0.3) is 0 Å². The van der Waals surface area contributed by atoms with Crippen LogP contribution >= 0.6 is 11.6 Å². The highest BCUT2D eigenvalue weighted by Gasteiger charge is 2.26. The fourth-order valence-electron chi connectivity index (χ4n) is 2.61. The van der Waals surface area contributed by atoms with E-state index in [1.807, 2.05) is 0 Å². The van der Waals surface area contributed by atoms with Gasteiger partial charge in [-0.2, -0.15) is 0 Å². The van der Waals surface area contributed by atoms with Crippen molar-refractivity contribution in [3.63, 3.8) is 0 Å². The van der Waals surface area contributed by atoms with Gasteiger partial charge < -0.3 is 4.74 Å². The van der Waals surface area contributed by atoms with E-state index in [1.165, 1.54) is 25.8 Å². The van der Waals surface area contributed by atoms with Gasteiger partial charge in [0.2, 0.25) is 0 Å². The topological polar surface area (TPSA) is 12.5 Å². The van der Waals surface area contributed by atoms with E-state index in [9.17, 15) is 0 Å². The molecule has 0 N–H and O–H groups in total. The van der Waals surface area contributed by atoms with Crippen LogP contribution in [0.1, 0.15) is 26.2 Å². The Morgan fingerprint density at radius 1 is 1.43 bits per heavy atom. The first-order valence-corrected chi connectivity index (χ1v) is 6.15. The Bertz CT molecular complexity index is 172. The van der Waals surface area contributed by atoms with Gasteiger partial charge in [0.25, 0.3) is 0 Å². The molecule has 2 saturated heterocycles. The largest absolute Gasteiger partial charge is 0.377 e. The van der Waals surface area contributed by atoms with Gasteiger partial charge in [0.05, 0.1) is 6.10 Å². The molecule has 2 rings (SSSR count). The highest BCUT2D eigenvalue weighted by atomic mass is 35.5. The average Bonchev–Trinajstić information content (AvgIpc) is 2.54. The van der Waals surface area contributed by atoms with Gasteiger partial charge in [-0.3, -0.25) is 4.90 Å². The summed E-state index contributed by atoms with van der Waals surface area (Å²) in [5, 5.41) is 0.347. The molecule has 2 nitrogen and oxygen atoms in total. The normalized spacial score (nSPS) is 40.3. The standard InChI is InChI=1S/C11H20ClNO/c1-9-5-10(12)7-13(6-9)8-11-3-2-4-14-11/h9-11H,2-8H2,1H3. The molecule has 0 bridgehead atoms. The Morgan fingerprint density at radius 2 is 2.29 bits per heavy atom. The van der Waals surface area contributed by atoms with Crippen molar-refractivity contribution < 1.29 is 4.74 Å². The van der Waals surface area contributed by atoms with Crippen molar-refractivity contribution in [2.24, 2.45) is 5.92 Å². The molecular formula is C11H20ClNO. The maximum absolute atomic E-state index is 6.21. The third kappa shape index (κ3) is 2.85. The third-order valence-corrected chi connectivity index (χ3v) is 3.49. The highest BCUT2D eigenvalue weighted by molar-refractivity contribution is 6.20. The number of halogens is 1. The number of hydrogen-bond acceptors (Lipinski definition) is 2. The minimum absolute atomic E-state index is 0.347. The van der Waals surface area contributed by atoms with Crippen LogP contribution in [0.4, 0.5) is 0 Å². The zero-order valence-corrected chi connectivity index (χ0v) is 9.67. The molecule has 0 amide bonds. The number of ether oxygens (including phenoxy) is 1. The predicted octanol–water partition coefficient (Wildman–Crippen LogP) is 2.11. The van der Waals surface area contributed by atoms with Crippen LogP contribution in [-0.2, 0) is 4.74 Å². The van der Waals surface area contributed by atoms with E-state index < -0.39 is 0 Å². The summed E-state index contributed by atoms with van der Waals surface area (Å²) in [5.74, 6) is 0.743. The van der Waals surface area contributed by atoms with Gasteiger partial charge >= 0.3 is 0 Å². The zero-order chi connectivity index (χ0) is 9.97. The summed E-state index contributed by atoms with van der Waals surface area (Å²) in [7, 11) is 0.